The first-order valence-electron chi connectivity index (χ1n) is 6.49. The predicted molar refractivity (Wildman–Crippen MR) is 70.9 cm³/mol. The molecule has 2 heteroatoms. The smallest absolute Gasteiger partial charge is 0.0499 e. The van der Waals surface area contributed by atoms with Crippen molar-refractivity contribution in [2.45, 2.75) is 32.7 Å². The Labute approximate surface area is 104 Å². The van der Waals surface area contributed by atoms with E-state index < -0.39 is 0 Å². The second kappa shape index (κ2) is 5.19. The lowest BCUT2D eigenvalue weighted by Crippen LogP contribution is -2.43. The molecule has 1 aromatic carbocycles. The maximum absolute atomic E-state index is 9.46. The molecule has 0 saturated heterocycles. The fourth-order valence-corrected chi connectivity index (χ4v) is 2.68. The summed E-state index contributed by atoms with van der Waals surface area (Å²) in [7, 11) is 2.15. The average Bonchev–Trinajstić information content (AvgIpc) is 2.27. The van der Waals surface area contributed by atoms with Crippen molar-refractivity contribution in [2.75, 3.05) is 20.2 Å². The molecule has 0 bridgehead atoms. The van der Waals surface area contributed by atoms with E-state index in [9.17, 15) is 5.11 Å². The van der Waals surface area contributed by atoms with E-state index in [0.29, 0.717) is 6.61 Å². The molecular weight excluding hydrogens is 210 g/mol. The van der Waals surface area contributed by atoms with Crippen LogP contribution >= 0.6 is 0 Å². The van der Waals surface area contributed by atoms with E-state index in [-0.39, 0.29) is 5.41 Å². The Bertz CT molecular complexity index is 348. The van der Waals surface area contributed by atoms with Crippen molar-refractivity contribution in [3.8, 4) is 0 Å². The first-order chi connectivity index (χ1) is 8.13. The van der Waals surface area contributed by atoms with Gasteiger partial charge in [0.15, 0.2) is 0 Å². The van der Waals surface area contributed by atoms with Gasteiger partial charge in [0, 0.05) is 25.1 Å². The Kier molecular flexibility index (Phi) is 3.85. The monoisotopic (exact) mass is 233 g/mol. The molecule has 1 saturated carbocycles. The van der Waals surface area contributed by atoms with E-state index >= 15 is 0 Å². The molecule has 0 heterocycles. The lowest BCUT2D eigenvalue weighted by Gasteiger charge is -2.43. The van der Waals surface area contributed by atoms with Crippen molar-refractivity contribution >= 4 is 0 Å². The Hall–Kier alpha value is -0.860. The van der Waals surface area contributed by atoms with Crippen LogP contribution in [-0.4, -0.2) is 30.2 Å². The van der Waals surface area contributed by atoms with E-state index in [1.54, 1.807) is 0 Å². The van der Waals surface area contributed by atoms with Gasteiger partial charge in [-0.2, -0.15) is 0 Å². The second-order valence-corrected chi connectivity index (χ2v) is 5.67. The molecule has 1 N–H and O–H groups in total. The van der Waals surface area contributed by atoms with E-state index in [1.807, 2.05) is 0 Å². The van der Waals surface area contributed by atoms with E-state index in [2.05, 4.69) is 43.1 Å². The van der Waals surface area contributed by atoms with Gasteiger partial charge in [0.2, 0.25) is 0 Å². The SMILES string of the molecule is Cc1ccc(CN(C)CC2(CO)CCC2)cc1. The zero-order valence-corrected chi connectivity index (χ0v) is 10.9. The molecule has 2 nitrogen and oxygen atoms in total. The zero-order valence-electron chi connectivity index (χ0n) is 10.9. The minimum Gasteiger partial charge on any atom is -0.396 e. The summed E-state index contributed by atoms with van der Waals surface area (Å²) in [5, 5.41) is 9.46. The van der Waals surface area contributed by atoms with Crippen molar-refractivity contribution in [2.24, 2.45) is 5.41 Å². The molecular formula is C15H23NO. The standard InChI is InChI=1S/C15H23NO/c1-13-4-6-14(7-5-13)10-16(2)11-15(12-17)8-3-9-15/h4-7,17H,3,8-12H2,1-2H3. The van der Waals surface area contributed by atoms with Gasteiger partial charge in [-0.1, -0.05) is 36.2 Å². The molecule has 0 unspecified atom stereocenters. The summed E-state index contributed by atoms with van der Waals surface area (Å²) in [5.74, 6) is 0. The first kappa shape index (κ1) is 12.6. The fourth-order valence-electron chi connectivity index (χ4n) is 2.68. The summed E-state index contributed by atoms with van der Waals surface area (Å²) in [6, 6.07) is 8.71. The number of rotatable bonds is 5. The molecule has 2 rings (SSSR count). The van der Waals surface area contributed by atoms with Crippen LogP contribution < -0.4 is 0 Å². The Morgan fingerprint density at radius 3 is 2.35 bits per heavy atom. The van der Waals surface area contributed by atoms with E-state index in [1.165, 1.54) is 30.4 Å². The summed E-state index contributed by atoms with van der Waals surface area (Å²) in [4.78, 5) is 2.33. The third kappa shape index (κ3) is 3.08. The summed E-state index contributed by atoms with van der Waals surface area (Å²) >= 11 is 0. The number of hydrogen-bond donors (Lipinski definition) is 1. The van der Waals surface area contributed by atoms with Gasteiger partial charge in [0.05, 0.1) is 0 Å². The first-order valence-corrected chi connectivity index (χ1v) is 6.49. The van der Waals surface area contributed by atoms with Crippen molar-refractivity contribution in [3.05, 3.63) is 35.4 Å². The van der Waals surface area contributed by atoms with Gasteiger partial charge in [-0.15, -0.1) is 0 Å². The molecule has 0 spiro atoms. The topological polar surface area (TPSA) is 23.5 Å². The molecule has 1 aromatic rings. The third-order valence-corrected chi connectivity index (χ3v) is 3.93. The van der Waals surface area contributed by atoms with Gasteiger partial charge < -0.3 is 10.0 Å². The second-order valence-electron chi connectivity index (χ2n) is 5.67. The number of aryl methyl sites for hydroxylation is 1. The molecule has 1 aliphatic rings. The number of aliphatic hydroxyl groups is 1. The lowest BCUT2D eigenvalue weighted by atomic mass is 9.69. The highest BCUT2D eigenvalue weighted by Crippen LogP contribution is 2.40. The molecule has 0 aliphatic heterocycles. The van der Waals surface area contributed by atoms with Gasteiger partial charge in [-0.3, -0.25) is 0 Å². The highest BCUT2D eigenvalue weighted by atomic mass is 16.3. The van der Waals surface area contributed by atoms with Gasteiger partial charge in [0.1, 0.15) is 0 Å². The van der Waals surface area contributed by atoms with Crippen LogP contribution in [0.2, 0.25) is 0 Å². The van der Waals surface area contributed by atoms with Crippen LogP contribution in [-0.2, 0) is 6.54 Å². The normalized spacial score (nSPS) is 18.1. The molecule has 1 aliphatic carbocycles. The van der Waals surface area contributed by atoms with Crippen molar-refractivity contribution in [1.29, 1.82) is 0 Å². The number of aliphatic hydroxyl groups excluding tert-OH is 1. The van der Waals surface area contributed by atoms with Crippen molar-refractivity contribution in [3.63, 3.8) is 0 Å². The van der Waals surface area contributed by atoms with Crippen LogP contribution in [0.4, 0.5) is 0 Å². The molecule has 17 heavy (non-hydrogen) atoms. The lowest BCUT2D eigenvalue weighted by molar-refractivity contribution is 0.0127. The van der Waals surface area contributed by atoms with Gasteiger partial charge >= 0.3 is 0 Å². The largest absolute Gasteiger partial charge is 0.396 e. The highest BCUT2D eigenvalue weighted by molar-refractivity contribution is 5.21. The molecule has 94 valence electrons. The van der Waals surface area contributed by atoms with E-state index in [0.717, 1.165) is 13.1 Å². The summed E-state index contributed by atoms with van der Waals surface area (Å²) in [5.41, 5.74) is 2.85. The number of nitrogens with zero attached hydrogens (tertiary/aromatic N) is 1. The Balaban J connectivity index is 1.88. The molecule has 0 radical (unpaired) electrons. The fraction of sp³-hybridized carbons (Fsp3) is 0.600. The molecule has 0 amide bonds. The summed E-state index contributed by atoms with van der Waals surface area (Å²) < 4.78 is 0. The maximum Gasteiger partial charge on any atom is 0.0499 e. The molecule has 0 atom stereocenters. The quantitative estimate of drug-likeness (QED) is 0.845. The molecule has 0 aromatic heterocycles. The van der Waals surface area contributed by atoms with Crippen molar-refractivity contribution < 1.29 is 5.11 Å². The average molecular weight is 233 g/mol. The van der Waals surface area contributed by atoms with Gasteiger partial charge in [-0.25, -0.2) is 0 Å². The predicted octanol–water partition coefficient (Wildman–Crippen LogP) is 2.59. The van der Waals surface area contributed by atoms with Crippen LogP contribution in [0.25, 0.3) is 0 Å². The van der Waals surface area contributed by atoms with Crippen LogP contribution in [0.5, 0.6) is 0 Å². The summed E-state index contributed by atoms with van der Waals surface area (Å²) in [6.07, 6.45) is 3.64. The van der Waals surface area contributed by atoms with Gasteiger partial charge in [-0.05, 0) is 32.4 Å². The number of hydrogen-bond acceptors (Lipinski definition) is 2. The van der Waals surface area contributed by atoms with Crippen molar-refractivity contribution in [1.82, 2.24) is 4.90 Å². The minimum absolute atomic E-state index is 0.194. The van der Waals surface area contributed by atoms with Crippen LogP contribution in [0, 0.1) is 12.3 Å². The zero-order chi connectivity index (χ0) is 12.3. The summed E-state index contributed by atoms with van der Waals surface area (Å²) in [6.45, 7) is 4.44. The van der Waals surface area contributed by atoms with Crippen LogP contribution in [0.1, 0.15) is 30.4 Å². The highest BCUT2D eigenvalue weighted by Gasteiger charge is 2.37. The molecule has 1 fully saturated rings. The van der Waals surface area contributed by atoms with Crippen LogP contribution in [0.15, 0.2) is 24.3 Å². The minimum atomic E-state index is 0.194. The Morgan fingerprint density at radius 1 is 1.24 bits per heavy atom. The van der Waals surface area contributed by atoms with E-state index in [4.69, 9.17) is 0 Å². The number of benzene rings is 1. The van der Waals surface area contributed by atoms with Crippen LogP contribution in [0.3, 0.4) is 0 Å². The Morgan fingerprint density at radius 2 is 1.88 bits per heavy atom. The third-order valence-electron chi connectivity index (χ3n) is 3.93. The van der Waals surface area contributed by atoms with Gasteiger partial charge in [0.25, 0.3) is 0 Å². The maximum atomic E-state index is 9.46.